The Morgan fingerprint density at radius 1 is 0.872 bits per heavy atom. The number of ether oxygens (including phenoxy) is 1. The van der Waals surface area contributed by atoms with E-state index in [0.717, 1.165) is 29.8 Å². The van der Waals surface area contributed by atoms with Crippen molar-refractivity contribution in [3.05, 3.63) is 64.6 Å². The van der Waals surface area contributed by atoms with E-state index >= 15 is 0 Å². The van der Waals surface area contributed by atoms with E-state index in [4.69, 9.17) is 16.3 Å². The lowest BCUT2D eigenvalue weighted by Gasteiger charge is -2.12. The molecule has 0 aliphatic heterocycles. The number of aryl methyl sites for hydroxylation is 1. The lowest BCUT2D eigenvalue weighted by molar-refractivity contribution is -0.678. The third-order valence-corrected chi connectivity index (χ3v) is 8.26. The minimum absolute atomic E-state index is 0.0694. The van der Waals surface area contributed by atoms with Gasteiger partial charge in [-0.25, -0.2) is 0 Å². The van der Waals surface area contributed by atoms with Crippen LogP contribution < -0.4 is 14.6 Å². The fourth-order valence-corrected chi connectivity index (χ4v) is 5.89. The van der Waals surface area contributed by atoms with Crippen molar-refractivity contribution in [1.82, 2.24) is 0 Å². The van der Waals surface area contributed by atoms with Crippen LogP contribution in [0.15, 0.2) is 54.0 Å². The molecule has 1 aromatic heterocycles. The summed E-state index contributed by atoms with van der Waals surface area (Å²) in [5.74, 6) is 0.637. The molecule has 212 valence electrons. The van der Waals surface area contributed by atoms with E-state index in [0.29, 0.717) is 17.4 Å². The van der Waals surface area contributed by atoms with Crippen LogP contribution in [0, 0.1) is 0 Å². The van der Waals surface area contributed by atoms with Crippen LogP contribution in [-0.2, 0) is 17.8 Å². The smallest absolute Gasteiger partial charge is 0.268 e. The van der Waals surface area contributed by atoms with Crippen LogP contribution in [0.2, 0.25) is 5.02 Å². The molecule has 0 saturated heterocycles. The average Bonchev–Trinajstić information content (AvgIpc) is 3.42. The molecule has 6 heteroatoms. The number of unbranched alkanes of at least 4 members (excludes halogenated alkanes) is 11. The number of nitrogens with zero attached hydrogens (tertiary/aromatic N) is 1. The number of nitrogens with one attached hydrogen (secondary N) is 1. The Balaban J connectivity index is 1.37. The number of aromatic nitrogens is 1. The summed E-state index contributed by atoms with van der Waals surface area (Å²) in [6.07, 6.45) is 18.1. The maximum Gasteiger partial charge on any atom is 0.268 e. The fourth-order valence-electron chi connectivity index (χ4n) is 4.79. The van der Waals surface area contributed by atoms with Gasteiger partial charge in [-0.2, -0.15) is 4.57 Å². The number of amides is 1. The molecule has 3 rings (SSSR count). The summed E-state index contributed by atoms with van der Waals surface area (Å²) in [4.78, 5) is 12.8. The third kappa shape index (κ3) is 11.3. The molecule has 3 aromatic rings. The molecule has 1 N–H and O–H groups in total. The van der Waals surface area contributed by atoms with E-state index in [9.17, 15) is 4.79 Å². The van der Waals surface area contributed by atoms with Gasteiger partial charge in [-0.1, -0.05) is 107 Å². The van der Waals surface area contributed by atoms with Crippen molar-refractivity contribution in [1.29, 1.82) is 0 Å². The average molecular weight is 570 g/mol. The van der Waals surface area contributed by atoms with Crippen molar-refractivity contribution >= 4 is 34.5 Å². The van der Waals surface area contributed by atoms with Gasteiger partial charge in [0.15, 0.2) is 6.20 Å². The molecule has 0 spiro atoms. The maximum absolute atomic E-state index is 12.8. The molecule has 0 bridgehead atoms. The molecule has 4 nitrogen and oxygen atoms in total. The van der Waals surface area contributed by atoms with Gasteiger partial charge in [-0.05, 0) is 49.7 Å². The number of anilines is 1. The predicted molar refractivity (Wildman–Crippen MR) is 166 cm³/mol. The summed E-state index contributed by atoms with van der Waals surface area (Å²) in [6.45, 7) is 5.99. The zero-order chi connectivity index (χ0) is 27.7. The quantitative estimate of drug-likeness (QED) is 0.115. The maximum atomic E-state index is 12.8. The molecule has 39 heavy (non-hydrogen) atoms. The van der Waals surface area contributed by atoms with Crippen LogP contribution in [0.1, 0.15) is 96.5 Å². The van der Waals surface area contributed by atoms with Crippen LogP contribution in [-0.4, -0.2) is 12.5 Å². The standard InChI is InChI=1S/C33H45ClN2O2S/c1-3-5-6-7-8-9-10-11-12-13-14-15-23-38-31-26-29(34)19-16-28(31)25-32(37)35-30-20-17-27(18-21-30)33-36(4-2)22-24-39-33/h16-22,24,26H,3-15,23,25H2,1-2H3/p+1. The van der Waals surface area contributed by atoms with Crippen molar-refractivity contribution in [2.24, 2.45) is 0 Å². The van der Waals surface area contributed by atoms with E-state index in [1.165, 1.54) is 75.6 Å². The first kappa shape index (κ1) is 31.2. The van der Waals surface area contributed by atoms with Gasteiger partial charge in [0.05, 0.1) is 24.0 Å². The normalized spacial score (nSPS) is 11.1. The fraction of sp³-hybridized carbons (Fsp3) is 0.515. The Hall–Kier alpha value is -2.37. The highest BCUT2D eigenvalue weighted by Crippen LogP contribution is 2.26. The predicted octanol–water partition coefficient (Wildman–Crippen LogP) is 9.64. The first-order valence-corrected chi connectivity index (χ1v) is 16.1. The van der Waals surface area contributed by atoms with Crippen LogP contribution >= 0.6 is 22.9 Å². The Kier molecular flexibility index (Phi) is 14.4. The van der Waals surface area contributed by atoms with Crippen molar-refractivity contribution in [3.63, 3.8) is 0 Å². The highest BCUT2D eigenvalue weighted by molar-refractivity contribution is 7.12. The monoisotopic (exact) mass is 569 g/mol. The van der Waals surface area contributed by atoms with Gasteiger partial charge >= 0.3 is 0 Å². The Bertz CT molecular complexity index is 1110. The van der Waals surface area contributed by atoms with E-state index in [-0.39, 0.29) is 12.3 Å². The number of carbonyl (C=O) groups is 1. The second-order valence-electron chi connectivity index (χ2n) is 10.3. The second-order valence-corrected chi connectivity index (χ2v) is 11.6. The summed E-state index contributed by atoms with van der Waals surface area (Å²) < 4.78 is 8.29. The van der Waals surface area contributed by atoms with Crippen LogP contribution in [0.25, 0.3) is 10.6 Å². The Morgan fingerprint density at radius 3 is 2.15 bits per heavy atom. The molecule has 1 heterocycles. The molecule has 1 amide bonds. The lowest BCUT2D eigenvalue weighted by Crippen LogP contribution is -2.31. The highest BCUT2D eigenvalue weighted by atomic mass is 35.5. The van der Waals surface area contributed by atoms with Gasteiger partial charge in [-0.3, -0.25) is 4.79 Å². The molecule has 2 aromatic carbocycles. The summed E-state index contributed by atoms with van der Waals surface area (Å²) >= 11 is 7.96. The van der Waals surface area contributed by atoms with E-state index in [1.54, 1.807) is 11.3 Å². The summed E-state index contributed by atoms with van der Waals surface area (Å²) in [5, 5.41) is 6.95. The topological polar surface area (TPSA) is 42.2 Å². The zero-order valence-corrected chi connectivity index (χ0v) is 25.4. The van der Waals surface area contributed by atoms with Crippen LogP contribution in [0.5, 0.6) is 5.75 Å². The van der Waals surface area contributed by atoms with Crippen molar-refractivity contribution < 1.29 is 14.1 Å². The van der Waals surface area contributed by atoms with Crippen molar-refractivity contribution in [2.45, 2.75) is 104 Å². The number of halogens is 1. The van der Waals surface area contributed by atoms with Crippen LogP contribution in [0.4, 0.5) is 5.69 Å². The second kappa shape index (κ2) is 18.1. The van der Waals surface area contributed by atoms with Gasteiger partial charge in [0.2, 0.25) is 5.91 Å². The van der Waals surface area contributed by atoms with Gasteiger partial charge in [0.25, 0.3) is 5.01 Å². The van der Waals surface area contributed by atoms with Gasteiger partial charge < -0.3 is 10.1 Å². The molecule has 0 fully saturated rings. The molecule has 0 aliphatic rings. The number of hydrogen-bond acceptors (Lipinski definition) is 3. The summed E-state index contributed by atoms with van der Waals surface area (Å²) in [7, 11) is 0. The highest BCUT2D eigenvalue weighted by Gasteiger charge is 2.14. The van der Waals surface area contributed by atoms with Crippen molar-refractivity contribution in [3.8, 4) is 16.3 Å². The number of carbonyl (C=O) groups excluding carboxylic acids is 1. The zero-order valence-electron chi connectivity index (χ0n) is 23.9. The first-order chi connectivity index (χ1) is 19.1. The van der Waals surface area contributed by atoms with E-state index < -0.39 is 0 Å². The largest absolute Gasteiger partial charge is 0.493 e. The van der Waals surface area contributed by atoms with E-state index in [2.05, 4.69) is 47.4 Å². The Morgan fingerprint density at radius 2 is 1.51 bits per heavy atom. The minimum atomic E-state index is -0.0694. The Labute approximate surface area is 244 Å². The molecule has 0 aliphatic carbocycles. The molecule has 0 unspecified atom stereocenters. The van der Waals surface area contributed by atoms with E-state index in [1.807, 2.05) is 30.3 Å². The molecule has 0 atom stereocenters. The number of hydrogen-bond donors (Lipinski definition) is 1. The van der Waals surface area contributed by atoms with Gasteiger partial charge in [0, 0.05) is 16.3 Å². The number of benzene rings is 2. The molecular weight excluding hydrogens is 524 g/mol. The molecule has 0 radical (unpaired) electrons. The summed E-state index contributed by atoms with van der Waals surface area (Å²) in [6, 6.07) is 13.6. The molecular formula is C33H46ClN2O2S+. The minimum Gasteiger partial charge on any atom is -0.493 e. The third-order valence-electron chi connectivity index (χ3n) is 7.07. The van der Waals surface area contributed by atoms with Gasteiger partial charge in [-0.15, -0.1) is 0 Å². The van der Waals surface area contributed by atoms with Crippen LogP contribution in [0.3, 0.4) is 0 Å². The number of thiazole rings is 1. The summed E-state index contributed by atoms with van der Waals surface area (Å²) in [5.41, 5.74) is 2.79. The van der Waals surface area contributed by atoms with Crippen molar-refractivity contribution in [2.75, 3.05) is 11.9 Å². The number of rotatable bonds is 19. The lowest BCUT2D eigenvalue weighted by atomic mass is 10.1. The van der Waals surface area contributed by atoms with Gasteiger partial charge in [0.1, 0.15) is 12.3 Å². The first-order valence-electron chi connectivity index (χ1n) is 14.9. The molecule has 0 saturated carbocycles. The SMILES string of the molecule is CCCCCCCCCCCCCCOc1cc(Cl)ccc1CC(=O)Nc1ccc(-c2scc[n+]2CC)cc1.